The number of nitrogens with two attached hydrogens (primary N) is 1. The summed E-state index contributed by atoms with van der Waals surface area (Å²) in [6, 6.07) is 9.31. The highest BCUT2D eigenvalue weighted by molar-refractivity contribution is 7.14. The Morgan fingerprint density at radius 3 is 2.83 bits per heavy atom. The quantitative estimate of drug-likeness (QED) is 0.916. The molecule has 0 spiro atoms. The van der Waals surface area contributed by atoms with Crippen molar-refractivity contribution < 1.29 is 14.3 Å². The van der Waals surface area contributed by atoms with Crippen molar-refractivity contribution in [3.05, 3.63) is 40.2 Å². The van der Waals surface area contributed by atoms with Crippen molar-refractivity contribution in [2.45, 2.75) is 19.4 Å². The molecule has 1 aromatic heterocycles. The lowest BCUT2D eigenvalue weighted by Crippen LogP contribution is -2.50. The van der Waals surface area contributed by atoms with E-state index in [0.717, 1.165) is 10.6 Å². The van der Waals surface area contributed by atoms with Gasteiger partial charge in [0.05, 0.1) is 30.0 Å². The predicted molar refractivity (Wildman–Crippen MR) is 91.7 cm³/mol. The monoisotopic (exact) mass is 345 g/mol. The lowest BCUT2D eigenvalue weighted by atomic mass is 10.1. The van der Waals surface area contributed by atoms with Crippen LogP contribution in [0.1, 0.15) is 21.1 Å². The Morgan fingerprint density at radius 1 is 1.38 bits per heavy atom. The molecule has 7 heteroatoms. The highest BCUT2D eigenvalue weighted by Crippen LogP contribution is 2.30. The third-order valence-electron chi connectivity index (χ3n) is 3.90. The predicted octanol–water partition coefficient (Wildman–Crippen LogP) is 1.83. The first-order valence-corrected chi connectivity index (χ1v) is 8.57. The van der Waals surface area contributed by atoms with Gasteiger partial charge in [0, 0.05) is 18.5 Å². The zero-order chi connectivity index (χ0) is 17.1. The second-order valence-corrected chi connectivity index (χ2v) is 6.88. The van der Waals surface area contributed by atoms with E-state index in [0.29, 0.717) is 30.3 Å². The first-order valence-electron chi connectivity index (χ1n) is 7.76. The van der Waals surface area contributed by atoms with E-state index in [2.05, 4.69) is 4.98 Å². The molecule has 24 heavy (non-hydrogen) atoms. The van der Waals surface area contributed by atoms with Crippen molar-refractivity contribution in [2.75, 3.05) is 19.8 Å². The van der Waals surface area contributed by atoms with Gasteiger partial charge in [0.2, 0.25) is 5.91 Å². The topological polar surface area (TPSA) is 85.5 Å². The molecule has 1 atom stereocenters. The molecule has 1 fully saturated rings. The van der Waals surface area contributed by atoms with E-state index in [4.69, 9.17) is 10.5 Å². The molecule has 0 bridgehead atoms. The van der Waals surface area contributed by atoms with Crippen LogP contribution in [0.4, 0.5) is 0 Å². The normalized spacial score (nSPS) is 17.7. The zero-order valence-corrected chi connectivity index (χ0v) is 14.2. The molecule has 1 saturated heterocycles. The van der Waals surface area contributed by atoms with E-state index in [9.17, 15) is 9.59 Å². The molecule has 6 nitrogen and oxygen atoms in total. The number of ether oxygens (including phenoxy) is 1. The first-order chi connectivity index (χ1) is 11.6. The van der Waals surface area contributed by atoms with Gasteiger partial charge in [-0.25, -0.2) is 4.98 Å². The molecule has 0 aliphatic carbocycles. The summed E-state index contributed by atoms with van der Waals surface area (Å²) in [5, 5.41) is 0.830. The number of primary amides is 1. The molecule has 2 aromatic rings. The lowest BCUT2D eigenvalue weighted by Gasteiger charge is -2.34. The number of carbonyl (C=O) groups is 2. The second-order valence-electron chi connectivity index (χ2n) is 5.67. The Labute approximate surface area is 144 Å². The van der Waals surface area contributed by atoms with Crippen LogP contribution in [0, 0.1) is 6.92 Å². The van der Waals surface area contributed by atoms with Gasteiger partial charge < -0.3 is 15.4 Å². The minimum atomic E-state index is -0.438. The molecule has 1 aliphatic heterocycles. The van der Waals surface area contributed by atoms with Gasteiger partial charge in [-0.3, -0.25) is 9.59 Å². The van der Waals surface area contributed by atoms with E-state index in [1.165, 1.54) is 11.3 Å². The maximum Gasteiger partial charge on any atom is 0.266 e. The van der Waals surface area contributed by atoms with Crippen LogP contribution in [0.2, 0.25) is 0 Å². The van der Waals surface area contributed by atoms with E-state index < -0.39 is 5.91 Å². The van der Waals surface area contributed by atoms with Gasteiger partial charge in [0.1, 0.15) is 4.88 Å². The summed E-state index contributed by atoms with van der Waals surface area (Å²) >= 11 is 1.37. The van der Waals surface area contributed by atoms with Crippen LogP contribution >= 0.6 is 11.3 Å². The van der Waals surface area contributed by atoms with E-state index in [-0.39, 0.29) is 18.4 Å². The van der Waals surface area contributed by atoms with Crippen LogP contribution in [-0.2, 0) is 9.53 Å². The van der Waals surface area contributed by atoms with Gasteiger partial charge in [-0.2, -0.15) is 0 Å². The lowest BCUT2D eigenvalue weighted by molar-refractivity contribution is -0.120. The van der Waals surface area contributed by atoms with E-state index >= 15 is 0 Å². The number of carbonyl (C=O) groups excluding carboxylic acids is 2. The summed E-state index contributed by atoms with van der Waals surface area (Å²) in [6.07, 6.45) is 0.101. The molecule has 2 heterocycles. The SMILES string of the molecule is Cc1nc(-c2ccccc2)c(C(=O)N2CCOC[C@H]2CC(N)=O)s1. The molecule has 0 radical (unpaired) electrons. The van der Waals surface area contributed by atoms with Crippen LogP contribution < -0.4 is 5.73 Å². The van der Waals surface area contributed by atoms with Gasteiger partial charge in [-0.15, -0.1) is 11.3 Å². The van der Waals surface area contributed by atoms with Crippen LogP contribution in [-0.4, -0.2) is 47.5 Å². The van der Waals surface area contributed by atoms with Crippen molar-refractivity contribution in [3.8, 4) is 11.3 Å². The van der Waals surface area contributed by atoms with Crippen molar-refractivity contribution in [3.63, 3.8) is 0 Å². The number of benzene rings is 1. The maximum atomic E-state index is 13.1. The molecule has 2 amide bonds. The number of nitrogens with zero attached hydrogens (tertiary/aromatic N) is 2. The number of hydrogen-bond donors (Lipinski definition) is 1. The average Bonchev–Trinajstić information content (AvgIpc) is 2.97. The Morgan fingerprint density at radius 2 is 2.12 bits per heavy atom. The number of aryl methyl sites for hydroxylation is 1. The zero-order valence-electron chi connectivity index (χ0n) is 13.4. The van der Waals surface area contributed by atoms with Gasteiger partial charge in [-0.1, -0.05) is 30.3 Å². The molecule has 126 valence electrons. The summed E-state index contributed by atoms with van der Waals surface area (Å²) in [5.41, 5.74) is 6.90. The third kappa shape index (κ3) is 3.47. The third-order valence-corrected chi connectivity index (χ3v) is 4.86. The van der Waals surface area contributed by atoms with Gasteiger partial charge in [-0.05, 0) is 6.92 Å². The molecule has 1 aliphatic rings. The first kappa shape index (κ1) is 16.6. The van der Waals surface area contributed by atoms with Crippen LogP contribution in [0.5, 0.6) is 0 Å². The number of aromatic nitrogens is 1. The van der Waals surface area contributed by atoms with Crippen LogP contribution in [0.15, 0.2) is 30.3 Å². The standard InChI is InChI=1S/C17H19N3O3S/c1-11-19-15(12-5-3-2-4-6-12)16(24-11)17(22)20-7-8-23-10-13(20)9-14(18)21/h2-6,13H,7-10H2,1H3,(H2,18,21)/t13-/m1/s1. The van der Waals surface area contributed by atoms with E-state index in [1.54, 1.807) is 4.90 Å². The van der Waals surface area contributed by atoms with Gasteiger partial charge >= 0.3 is 0 Å². The van der Waals surface area contributed by atoms with Crippen LogP contribution in [0.25, 0.3) is 11.3 Å². The minimum Gasteiger partial charge on any atom is -0.377 e. The Bertz CT molecular complexity index is 745. The Hall–Kier alpha value is -2.25. The Balaban J connectivity index is 1.93. The summed E-state index contributed by atoms with van der Waals surface area (Å²) in [4.78, 5) is 31.2. The molecule has 0 unspecified atom stereocenters. The molecule has 3 rings (SSSR count). The van der Waals surface area contributed by atoms with Crippen LogP contribution in [0.3, 0.4) is 0 Å². The fourth-order valence-corrected chi connectivity index (χ4v) is 3.71. The Kier molecular flexibility index (Phi) is 4.92. The fourth-order valence-electron chi connectivity index (χ4n) is 2.82. The van der Waals surface area contributed by atoms with Crippen molar-refractivity contribution in [2.24, 2.45) is 5.73 Å². The number of morpholine rings is 1. The summed E-state index contributed by atoms with van der Waals surface area (Å²) in [5.74, 6) is -0.555. The summed E-state index contributed by atoms with van der Waals surface area (Å²) in [7, 11) is 0. The largest absolute Gasteiger partial charge is 0.377 e. The van der Waals surface area contributed by atoms with E-state index in [1.807, 2.05) is 37.3 Å². The van der Waals surface area contributed by atoms with Crippen molar-refractivity contribution in [1.82, 2.24) is 9.88 Å². The minimum absolute atomic E-state index is 0.101. The highest BCUT2D eigenvalue weighted by Gasteiger charge is 2.32. The second kappa shape index (κ2) is 7.11. The summed E-state index contributed by atoms with van der Waals surface area (Å²) < 4.78 is 5.41. The number of rotatable bonds is 4. The molecule has 0 saturated carbocycles. The number of amides is 2. The summed E-state index contributed by atoms with van der Waals surface area (Å²) in [6.45, 7) is 3.11. The fraction of sp³-hybridized carbons (Fsp3) is 0.353. The van der Waals surface area contributed by atoms with Crippen molar-refractivity contribution >= 4 is 23.2 Å². The molecular formula is C17H19N3O3S. The molecular weight excluding hydrogens is 326 g/mol. The van der Waals surface area contributed by atoms with Crippen molar-refractivity contribution in [1.29, 1.82) is 0 Å². The average molecular weight is 345 g/mol. The maximum absolute atomic E-state index is 13.1. The smallest absolute Gasteiger partial charge is 0.266 e. The van der Waals surface area contributed by atoms with Gasteiger partial charge in [0.25, 0.3) is 5.91 Å². The highest BCUT2D eigenvalue weighted by atomic mass is 32.1. The number of hydrogen-bond acceptors (Lipinski definition) is 5. The van der Waals surface area contributed by atoms with Gasteiger partial charge in [0.15, 0.2) is 0 Å². The molecule has 1 aromatic carbocycles. The molecule has 2 N–H and O–H groups in total. The number of thiazole rings is 1.